The number of carbonyl (C=O) groups excluding carboxylic acids is 5. The van der Waals surface area contributed by atoms with Gasteiger partial charge in [0.2, 0.25) is 17.6 Å². The lowest BCUT2D eigenvalue weighted by Gasteiger charge is -2.40. The van der Waals surface area contributed by atoms with Crippen LogP contribution in [0.25, 0.3) is 0 Å². The molecule has 0 aromatic rings. The summed E-state index contributed by atoms with van der Waals surface area (Å²) in [6, 6.07) is -3.30. The third kappa shape index (κ3) is 7.72. The van der Waals surface area contributed by atoms with E-state index in [2.05, 4.69) is 41.7 Å². The zero-order valence-corrected chi connectivity index (χ0v) is 28.3. The fraction of sp³-hybridized carbons (Fsp3) is 0.794. The first-order valence-electron chi connectivity index (χ1n) is 16.6. The number of ether oxygens (including phenoxy) is 1. The maximum absolute atomic E-state index is 14.5. The lowest BCUT2D eigenvalue weighted by atomic mass is 9.79. The number of ketones is 1. The van der Waals surface area contributed by atoms with Crippen LogP contribution in [0.5, 0.6) is 0 Å². The molecule has 1 saturated heterocycles. The van der Waals surface area contributed by atoms with Crippen LogP contribution in [0.15, 0.2) is 12.7 Å². The quantitative estimate of drug-likeness (QED) is 0.172. The van der Waals surface area contributed by atoms with Gasteiger partial charge in [-0.2, -0.15) is 0 Å². The van der Waals surface area contributed by atoms with Gasteiger partial charge in [0.05, 0.1) is 18.7 Å². The minimum atomic E-state index is -0.963. The molecule has 4 aliphatic rings. The van der Waals surface area contributed by atoms with Crippen LogP contribution < -0.4 is 21.3 Å². The van der Waals surface area contributed by atoms with Gasteiger partial charge in [-0.15, -0.1) is 6.58 Å². The molecule has 1 unspecified atom stereocenters. The maximum Gasteiger partial charge on any atom is 0.315 e. The summed E-state index contributed by atoms with van der Waals surface area (Å²) in [5.41, 5.74) is -0.885. The van der Waals surface area contributed by atoms with Crippen molar-refractivity contribution in [3.05, 3.63) is 12.7 Å². The van der Waals surface area contributed by atoms with E-state index >= 15 is 0 Å². The second kappa shape index (κ2) is 13.4. The number of carbonyl (C=O) groups is 5. The van der Waals surface area contributed by atoms with Gasteiger partial charge in [-0.25, -0.2) is 4.79 Å². The molecule has 0 aromatic carbocycles. The number of hydrogen-bond donors (Lipinski definition) is 4. The van der Waals surface area contributed by atoms with Gasteiger partial charge in [-0.3, -0.25) is 19.2 Å². The molecule has 1 heterocycles. The Balaban J connectivity index is 1.56. The van der Waals surface area contributed by atoms with Crippen molar-refractivity contribution >= 4 is 29.5 Å². The molecule has 11 nitrogen and oxygen atoms in total. The molecule has 0 bridgehead atoms. The second-order valence-corrected chi connectivity index (χ2v) is 15.8. The molecule has 3 saturated carbocycles. The number of nitrogens with one attached hydrogen (secondary N) is 4. The average Bonchev–Trinajstić information content (AvgIpc) is 3.72. The fourth-order valence-electron chi connectivity index (χ4n) is 7.58. The molecule has 252 valence electrons. The number of Topliss-reactive ketones (excluding diaryl/α,β-unsaturated/α-hetero) is 1. The van der Waals surface area contributed by atoms with Gasteiger partial charge in [0, 0.05) is 20.2 Å². The number of fused-ring (bicyclic) bond motifs is 1. The predicted molar refractivity (Wildman–Crippen MR) is 171 cm³/mol. The van der Waals surface area contributed by atoms with Crippen LogP contribution in [-0.4, -0.2) is 85.4 Å². The molecule has 0 spiro atoms. The Morgan fingerprint density at radius 1 is 1.02 bits per heavy atom. The van der Waals surface area contributed by atoms with Crippen molar-refractivity contribution in [2.24, 2.45) is 34.0 Å². The fourth-order valence-corrected chi connectivity index (χ4v) is 7.58. The van der Waals surface area contributed by atoms with Crippen molar-refractivity contribution in [3.63, 3.8) is 0 Å². The van der Waals surface area contributed by atoms with E-state index in [9.17, 15) is 24.0 Å². The largest absolute Gasteiger partial charge is 0.383 e. The van der Waals surface area contributed by atoms with Gasteiger partial charge in [0.15, 0.2) is 0 Å². The van der Waals surface area contributed by atoms with Crippen molar-refractivity contribution in [2.45, 2.75) is 111 Å². The van der Waals surface area contributed by atoms with Crippen LogP contribution in [0.1, 0.15) is 86.5 Å². The minimum Gasteiger partial charge on any atom is -0.383 e. The summed E-state index contributed by atoms with van der Waals surface area (Å²) in [5, 5.41) is 11.5. The maximum atomic E-state index is 14.5. The molecular formula is C34H55N5O6. The number of nitrogens with zero attached hydrogens (tertiary/aromatic N) is 1. The summed E-state index contributed by atoms with van der Waals surface area (Å²) in [6.45, 7) is 16.8. The van der Waals surface area contributed by atoms with Crippen molar-refractivity contribution in [2.75, 3.05) is 26.8 Å². The third-order valence-corrected chi connectivity index (χ3v) is 10.9. The molecule has 45 heavy (non-hydrogen) atoms. The van der Waals surface area contributed by atoms with E-state index in [1.807, 2.05) is 27.7 Å². The Labute approximate surface area is 268 Å². The standard InChI is InChI=1S/C34H55N5O6/c1-9-16-35-29(42)26(40)22(17-20-12-13-20)36-28(41)25-24-21(33(24,5)6)18-39(25)30(43)27(34(7)14-10-11-15-34)38-31(44)37-23(19-45-8)32(2,3)4/h9,20-25,27H,1,10-19H2,2-8H3,(H,35,42)(H,36,41)(H2,37,38,44)/t21-,22?,23+,24-,25-,27+/m0/s1. The smallest absolute Gasteiger partial charge is 0.315 e. The first-order chi connectivity index (χ1) is 21.0. The molecule has 0 aromatic heterocycles. The van der Waals surface area contributed by atoms with E-state index in [0.29, 0.717) is 19.6 Å². The minimum absolute atomic E-state index is 0.0782. The summed E-state index contributed by atoms with van der Waals surface area (Å²) < 4.78 is 5.36. The highest BCUT2D eigenvalue weighted by Gasteiger charge is 2.70. The third-order valence-electron chi connectivity index (χ3n) is 10.9. The number of rotatable bonds is 14. The highest BCUT2D eigenvalue weighted by molar-refractivity contribution is 6.38. The number of amides is 5. The van der Waals surface area contributed by atoms with Crippen LogP contribution in [0, 0.1) is 34.0 Å². The highest BCUT2D eigenvalue weighted by Crippen LogP contribution is 2.65. The zero-order chi connectivity index (χ0) is 33.3. The Morgan fingerprint density at radius 3 is 2.22 bits per heavy atom. The van der Waals surface area contributed by atoms with E-state index < -0.39 is 47.2 Å². The number of likely N-dealkylation sites (tertiary alicyclic amines) is 1. The molecule has 4 rings (SSSR count). The molecule has 11 heteroatoms. The molecule has 3 aliphatic carbocycles. The molecule has 0 radical (unpaired) electrons. The SMILES string of the molecule is C=CCNC(=O)C(=O)C(CC1CC1)NC(=O)[C@@H]1[C@@H]2[C@H](CN1C(=O)[C@@H](NC(=O)N[C@H](COC)C(C)(C)C)C1(C)CCCC1)C2(C)C. The van der Waals surface area contributed by atoms with Crippen LogP contribution in [0.3, 0.4) is 0 Å². The van der Waals surface area contributed by atoms with Crippen molar-refractivity contribution in [1.82, 2.24) is 26.2 Å². The molecular weight excluding hydrogens is 574 g/mol. The van der Waals surface area contributed by atoms with E-state index in [1.54, 1.807) is 12.0 Å². The monoisotopic (exact) mass is 629 g/mol. The van der Waals surface area contributed by atoms with E-state index in [-0.39, 0.29) is 47.1 Å². The number of hydrogen-bond acceptors (Lipinski definition) is 6. The lowest BCUT2D eigenvalue weighted by Crippen LogP contribution is -2.63. The Bertz CT molecular complexity index is 1170. The lowest BCUT2D eigenvalue weighted by molar-refractivity contribution is -0.145. The summed E-state index contributed by atoms with van der Waals surface area (Å²) in [4.78, 5) is 69.4. The van der Waals surface area contributed by atoms with E-state index in [0.717, 1.165) is 38.5 Å². The van der Waals surface area contributed by atoms with Gasteiger partial charge in [0.25, 0.3) is 5.91 Å². The van der Waals surface area contributed by atoms with Gasteiger partial charge >= 0.3 is 6.03 Å². The van der Waals surface area contributed by atoms with Crippen molar-refractivity contribution < 1.29 is 28.7 Å². The normalized spacial score (nSPS) is 26.6. The van der Waals surface area contributed by atoms with Gasteiger partial charge in [0.1, 0.15) is 12.1 Å². The molecule has 1 aliphatic heterocycles. The van der Waals surface area contributed by atoms with Gasteiger partial charge in [-0.1, -0.05) is 73.3 Å². The van der Waals surface area contributed by atoms with Gasteiger partial charge < -0.3 is 30.9 Å². The van der Waals surface area contributed by atoms with Crippen LogP contribution in [0.2, 0.25) is 0 Å². The summed E-state index contributed by atoms with van der Waals surface area (Å²) in [5.74, 6) is -1.79. The number of methoxy groups -OCH3 is 1. The average molecular weight is 630 g/mol. The molecule has 6 atom stereocenters. The predicted octanol–water partition coefficient (Wildman–Crippen LogP) is 2.93. The molecule has 5 amide bonds. The first kappa shape index (κ1) is 34.9. The molecule has 4 fully saturated rings. The molecule has 4 N–H and O–H groups in total. The Morgan fingerprint density at radius 2 is 1.67 bits per heavy atom. The summed E-state index contributed by atoms with van der Waals surface area (Å²) in [7, 11) is 1.59. The van der Waals surface area contributed by atoms with Crippen molar-refractivity contribution in [1.29, 1.82) is 0 Å². The second-order valence-electron chi connectivity index (χ2n) is 15.8. The topological polar surface area (TPSA) is 146 Å². The Kier molecular flexibility index (Phi) is 10.4. The zero-order valence-electron chi connectivity index (χ0n) is 28.3. The highest BCUT2D eigenvalue weighted by atomic mass is 16.5. The van der Waals surface area contributed by atoms with Crippen LogP contribution in [-0.2, 0) is 23.9 Å². The number of piperidine rings is 1. The summed E-state index contributed by atoms with van der Waals surface area (Å²) in [6.07, 6.45) is 7.27. The van der Waals surface area contributed by atoms with Crippen molar-refractivity contribution in [3.8, 4) is 0 Å². The van der Waals surface area contributed by atoms with Crippen LogP contribution in [0.4, 0.5) is 4.79 Å². The van der Waals surface area contributed by atoms with E-state index in [4.69, 9.17) is 4.74 Å². The van der Waals surface area contributed by atoms with Gasteiger partial charge in [-0.05, 0) is 53.3 Å². The summed E-state index contributed by atoms with van der Waals surface area (Å²) >= 11 is 0. The number of urea groups is 1. The van der Waals surface area contributed by atoms with E-state index in [1.165, 1.54) is 6.08 Å². The Hall–Kier alpha value is -2.95. The van der Waals surface area contributed by atoms with Crippen LogP contribution >= 0.6 is 0 Å². The first-order valence-corrected chi connectivity index (χ1v) is 16.6.